The molecule has 0 fully saturated rings. The van der Waals surface area contributed by atoms with Gasteiger partial charge in [-0.05, 0) is 12.1 Å². The first-order chi connectivity index (χ1) is 10.2. The molecular weight excluding hydrogens is 288 g/mol. The Morgan fingerprint density at radius 3 is 2.29 bits per heavy atom. The average molecular weight is 299 g/mol. The lowest BCUT2D eigenvalue weighted by Crippen LogP contribution is -2.14. The second-order valence-corrected chi connectivity index (χ2v) is 4.60. The van der Waals surface area contributed by atoms with Crippen molar-refractivity contribution in [1.29, 1.82) is 0 Å². The molecule has 0 aliphatic rings. The first-order valence-electron chi connectivity index (χ1n) is 6.22. The van der Waals surface area contributed by atoms with E-state index in [2.05, 4.69) is 15.1 Å². The van der Waals surface area contributed by atoms with Crippen LogP contribution in [0.5, 0.6) is 5.88 Å². The number of halogens is 1. The molecule has 3 aromatic rings. The minimum atomic E-state index is 0.120. The van der Waals surface area contributed by atoms with Gasteiger partial charge in [0, 0.05) is 5.56 Å². The van der Waals surface area contributed by atoms with Crippen LogP contribution in [0, 0.1) is 0 Å². The van der Waals surface area contributed by atoms with Crippen LogP contribution in [0.15, 0.2) is 59.8 Å². The number of nitrogens with zero attached hydrogens (tertiary/aromatic N) is 3. The van der Waals surface area contributed by atoms with Gasteiger partial charge < -0.3 is 10.6 Å². The topological polar surface area (TPSA) is 73.4 Å². The zero-order chi connectivity index (χ0) is 14.7. The van der Waals surface area contributed by atoms with Crippen LogP contribution in [0.4, 0.5) is 0 Å². The standard InChI is InChI=1S/C15H11ClN4O/c16-13-15(19-12-9-5-4-8-11(12)18-13)21-20-14(17)10-6-2-1-3-7-10/h1-9H,(H2,17,20). The van der Waals surface area contributed by atoms with E-state index in [1.54, 1.807) is 0 Å². The SMILES string of the molecule is NC(=NOc1nc2ccccc2nc1Cl)c1ccccc1. The molecule has 0 atom stereocenters. The Kier molecular flexibility index (Phi) is 3.66. The van der Waals surface area contributed by atoms with E-state index in [1.807, 2.05) is 54.6 Å². The van der Waals surface area contributed by atoms with Gasteiger partial charge in [-0.25, -0.2) is 9.97 Å². The lowest BCUT2D eigenvalue weighted by atomic mass is 10.2. The van der Waals surface area contributed by atoms with Crippen LogP contribution in [-0.2, 0) is 0 Å². The molecule has 2 N–H and O–H groups in total. The van der Waals surface area contributed by atoms with Crippen LogP contribution in [0.2, 0.25) is 5.15 Å². The molecule has 0 radical (unpaired) electrons. The molecule has 0 saturated carbocycles. The number of nitrogens with two attached hydrogens (primary N) is 1. The summed E-state index contributed by atoms with van der Waals surface area (Å²) in [6.07, 6.45) is 0. The molecule has 0 aliphatic carbocycles. The van der Waals surface area contributed by atoms with Crippen LogP contribution in [-0.4, -0.2) is 15.8 Å². The van der Waals surface area contributed by atoms with Gasteiger partial charge in [0.15, 0.2) is 11.0 Å². The number of hydrogen-bond donors (Lipinski definition) is 1. The predicted molar refractivity (Wildman–Crippen MR) is 82.3 cm³/mol. The van der Waals surface area contributed by atoms with Crippen molar-refractivity contribution >= 4 is 28.5 Å². The van der Waals surface area contributed by atoms with Crippen LogP contribution in [0.25, 0.3) is 11.0 Å². The monoisotopic (exact) mass is 298 g/mol. The van der Waals surface area contributed by atoms with Crippen molar-refractivity contribution in [2.24, 2.45) is 10.9 Å². The van der Waals surface area contributed by atoms with Crippen molar-refractivity contribution in [2.75, 3.05) is 0 Å². The van der Waals surface area contributed by atoms with Gasteiger partial charge in [0.1, 0.15) is 0 Å². The summed E-state index contributed by atoms with van der Waals surface area (Å²) in [6, 6.07) is 16.6. The molecular formula is C15H11ClN4O. The minimum absolute atomic E-state index is 0.120. The summed E-state index contributed by atoms with van der Waals surface area (Å²) in [4.78, 5) is 13.7. The van der Waals surface area contributed by atoms with Gasteiger partial charge in [-0.2, -0.15) is 0 Å². The number of rotatable bonds is 3. The van der Waals surface area contributed by atoms with Crippen molar-refractivity contribution in [3.63, 3.8) is 0 Å². The van der Waals surface area contributed by atoms with E-state index < -0.39 is 0 Å². The molecule has 0 spiro atoms. The summed E-state index contributed by atoms with van der Waals surface area (Å²) in [6.45, 7) is 0. The van der Waals surface area contributed by atoms with Gasteiger partial charge in [0.05, 0.1) is 11.0 Å². The molecule has 104 valence electrons. The molecule has 1 heterocycles. The third-order valence-corrected chi connectivity index (χ3v) is 3.05. The second-order valence-electron chi connectivity index (χ2n) is 4.24. The molecule has 0 bridgehead atoms. The number of para-hydroxylation sites is 2. The summed E-state index contributed by atoms with van der Waals surface area (Å²) in [5.74, 6) is 0.357. The van der Waals surface area contributed by atoms with Gasteiger partial charge in [-0.3, -0.25) is 0 Å². The molecule has 0 saturated heterocycles. The third kappa shape index (κ3) is 2.93. The Morgan fingerprint density at radius 1 is 0.952 bits per heavy atom. The molecule has 6 heteroatoms. The quantitative estimate of drug-likeness (QED) is 0.458. The van der Waals surface area contributed by atoms with Crippen LogP contribution in [0.3, 0.4) is 0 Å². The molecule has 2 aromatic carbocycles. The van der Waals surface area contributed by atoms with Crippen LogP contribution >= 0.6 is 11.6 Å². The Hall–Kier alpha value is -2.66. The summed E-state index contributed by atoms with van der Waals surface area (Å²) in [7, 11) is 0. The lowest BCUT2D eigenvalue weighted by molar-refractivity contribution is 0.327. The number of fused-ring (bicyclic) bond motifs is 1. The molecule has 21 heavy (non-hydrogen) atoms. The zero-order valence-electron chi connectivity index (χ0n) is 10.9. The van der Waals surface area contributed by atoms with E-state index >= 15 is 0 Å². The third-order valence-electron chi connectivity index (χ3n) is 2.80. The predicted octanol–water partition coefficient (Wildman–Crippen LogP) is 2.98. The lowest BCUT2D eigenvalue weighted by Gasteiger charge is -2.04. The molecule has 0 aliphatic heterocycles. The van der Waals surface area contributed by atoms with Crippen molar-refractivity contribution in [3.05, 3.63) is 65.3 Å². The van der Waals surface area contributed by atoms with Crippen molar-refractivity contribution < 1.29 is 4.84 Å². The van der Waals surface area contributed by atoms with Crippen LogP contribution < -0.4 is 10.6 Å². The summed E-state index contributed by atoms with van der Waals surface area (Å²) < 4.78 is 0. The Bertz CT molecular complexity index is 805. The average Bonchev–Trinajstić information content (AvgIpc) is 2.53. The highest BCUT2D eigenvalue weighted by molar-refractivity contribution is 6.31. The number of aromatic nitrogens is 2. The Morgan fingerprint density at radius 2 is 1.57 bits per heavy atom. The first kappa shape index (κ1) is 13.3. The van der Waals surface area contributed by atoms with Gasteiger partial charge in [0.2, 0.25) is 0 Å². The maximum atomic E-state index is 6.02. The molecule has 5 nitrogen and oxygen atoms in total. The highest BCUT2D eigenvalue weighted by Crippen LogP contribution is 2.23. The maximum Gasteiger partial charge on any atom is 0.287 e. The minimum Gasteiger partial charge on any atom is -0.380 e. The van der Waals surface area contributed by atoms with E-state index in [0.29, 0.717) is 11.0 Å². The highest BCUT2D eigenvalue weighted by atomic mass is 35.5. The normalized spacial score (nSPS) is 11.6. The van der Waals surface area contributed by atoms with Crippen molar-refractivity contribution in [2.45, 2.75) is 0 Å². The van der Waals surface area contributed by atoms with Gasteiger partial charge in [0.25, 0.3) is 5.88 Å². The zero-order valence-corrected chi connectivity index (χ0v) is 11.7. The Balaban J connectivity index is 1.90. The first-order valence-corrected chi connectivity index (χ1v) is 6.60. The van der Waals surface area contributed by atoms with Gasteiger partial charge in [-0.1, -0.05) is 59.2 Å². The van der Waals surface area contributed by atoms with Crippen LogP contribution in [0.1, 0.15) is 5.56 Å². The number of amidine groups is 1. The van der Waals surface area contributed by atoms with Crippen molar-refractivity contribution in [3.8, 4) is 5.88 Å². The summed E-state index contributed by atoms with van der Waals surface area (Å²) in [5.41, 5.74) is 7.95. The Labute approximate surface area is 126 Å². The maximum absolute atomic E-state index is 6.02. The van der Waals surface area contributed by atoms with E-state index in [9.17, 15) is 0 Å². The van der Waals surface area contributed by atoms with Gasteiger partial charge in [-0.15, -0.1) is 0 Å². The van der Waals surface area contributed by atoms with E-state index in [1.165, 1.54) is 0 Å². The molecule has 0 amide bonds. The fourth-order valence-corrected chi connectivity index (χ4v) is 1.94. The van der Waals surface area contributed by atoms with E-state index in [4.69, 9.17) is 22.2 Å². The smallest absolute Gasteiger partial charge is 0.287 e. The van der Waals surface area contributed by atoms with E-state index in [-0.39, 0.29) is 16.9 Å². The van der Waals surface area contributed by atoms with Crippen molar-refractivity contribution in [1.82, 2.24) is 9.97 Å². The van der Waals surface area contributed by atoms with Gasteiger partial charge >= 0.3 is 0 Å². The number of oxime groups is 1. The molecule has 1 aromatic heterocycles. The second kappa shape index (κ2) is 5.76. The summed E-state index contributed by atoms with van der Waals surface area (Å²) >= 11 is 6.02. The summed E-state index contributed by atoms with van der Waals surface area (Å²) in [5, 5.41) is 3.98. The fraction of sp³-hybridized carbons (Fsp3) is 0. The largest absolute Gasteiger partial charge is 0.380 e. The number of hydrogen-bond acceptors (Lipinski definition) is 4. The van der Waals surface area contributed by atoms with E-state index in [0.717, 1.165) is 5.56 Å². The number of benzene rings is 2. The molecule has 0 unspecified atom stereocenters. The highest BCUT2D eigenvalue weighted by Gasteiger charge is 2.08. The fourth-order valence-electron chi connectivity index (χ4n) is 1.77. The molecule has 3 rings (SSSR count).